The zero-order chi connectivity index (χ0) is 13.5. The molecule has 1 aromatic carbocycles. The van der Waals surface area contributed by atoms with Gasteiger partial charge in [0, 0.05) is 25.9 Å². The lowest BCUT2D eigenvalue weighted by atomic mass is 10.1. The number of rotatable bonds is 6. The van der Waals surface area contributed by atoms with E-state index in [1.54, 1.807) is 13.2 Å². The minimum Gasteiger partial charge on any atom is -0.398 e. The Hall–Kier alpha value is -1.88. The molecule has 0 unspecified atom stereocenters. The summed E-state index contributed by atoms with van der Waals surface area (Å²) in [5.41, 5.74) is 6.10. The van der Waals surface area contributed by atoms with Crippen LogP contribution in [0.2, 0.25) is 0 Å². The van der Waals surface area contributed by atoms with Gasteiger partial charge in [-0.2, -0.15) is 0 Å². The van der Waals surface area contributed by atoms with Crippen LogP contribution in [0.4, 0.5) is 10.1 Å². The molecule has 0 atom stereocenters. The number of methoxy groups -OCH3 is 1. The van der Waals surface area contributed by atoms with Crippen molar-refractivity contribution in [2.24, 2.45) is 0 Å². The van der Waals surface area contributed by atoms with Crippen LogP contribution in [0.25, 0.3) is 0 Å². The minimum absolute atomic E-state index is 0.160. The third kappa shape index (κ3) is 3.56. The molecule has 18 heavy (non-hydrogen) atoms. The number of benzene rings is 1. The molecule has 0 fully saturated rings. The monoisotopic (exact) mass is 252 g/mol. The fourth-order valence-electron chi connectivity index (χ4n) is 1.52. The number of ether oxygens (including phenoxy) is 1. The highest BCUT2D eigenvalue weighted by Gasteiger charge is 2.17. The SMILES string of the molecule is C=CCN(CCOC)C(=O)c1cc(F)ccc1N. The van der Waals surface area contributed by atoms with E-state index in [2.05, 4.69) is 6.58 Å². The Morgan fingerprint density at radius 3 is 2.94 bits per heavy atom. The summed E-state index contributed by atoms with van der Waals surface area (Å²) < 4.78 is 18.1. The second-order valence-corrected chi connectivity index (χ2v) is 3.76. The smallest absolute Gasteiger partial charge is 0.256 e. The second kappa shape index (κ2) is 6.76. The Bertz CT molecular complexity index is 435. The van der Waals surface area contributed by atoms with Crippen molar-refractivity contribution in [3.05, 3.63) is 42.2 Å². The highest BCUT2D eigenvalue weighted by molar-refractivity contribution is 5.99. The maximum Gasteiger partial charge on any atom is 0.256 e. The van der Waals surface area contributed by atoms with Crippen LogP contribution in [0.3, 0.4) is 0 Å². The second-order valence-electron chi connectivity index (χ2n) is 3.76. The van der Waals surface area contributed by atoms with E-state index in [1.165, 1.54) is 17.0 Å². The zero-order valence-electron chi connectivity index (χ0n) is 10.4. The van der Waals surface area contributed by atoms with E-state index in [0.29, 0.717) is 19.7 Å². The summed E-state index contributed by atoms with van der Waals surface area (Å²) in [6, 6.07) is 3.74. The van der Waals surface area contributed by atoms with Gasteiger partial charge in [-0.25, -0.2) is 4.39 Å². The van der Waals surface area contributed by atoms with E-state index >= 15 is 0 Å². The third-order valence-electron chi connectivity index (χ3n) is 2.45. The third-order valence-corrected chi connectivity index (χ3v) is 2.45. The number of halogens is 1. The summed E-state index contributed by atoms with van der Waals surface area (Å²) in [7, 11) is 1.55. The molecular weight excluding hydrogens is 235 g/mol. The predicted molar refractivity (Wildman–Crippen MR) is 68.8 cm³/mol. The predicted octanol–water partition coefficient (Wildman–Crippen LogP) is 1.68. The van der Waals surface area contributed by atoms with Crippen molar-refractivity contribution in [1.29, 1.82) is 0 Å². The van der Waals surface area contributed by atoms with E-state index in [0.717, 1.165) is 6.07 Å². The van der Waals surface area contributed by atoms with E-state index in [9.17, 15) is 9.18 Å². The standard InChI is InChI=1S/C13H17FN2O2/c1-3-6-16(7-8-18-2)13(17)11-9-10(14)4-5-12(11)15/h3-5,9H,1,6-8,15H2,2H3. The Balaban J connectivity index is 2.93. The lowest BCUT2D eigenvalue weighted by Crippen LogP contribution is -2.34. The zero-order valence-corrected chi connectivity index (χ0v) is 10.4. The molecule has 0 saturated carbocycles. The van der Waals surface area contributed by atoms with E-state index in [-0.39, 0.29) is 17.2 Å². The van der Waals surface area contributed by atoms with Gasteiger partial charge in [-0.05, 0) is 18.2 Å². The lowest BCUT2D eigenvalue weighted by Gasteiger charge is -2.21. The highest BCUT2D eigenvalue weighted by atomic mass is 19.1. The first-order valence-electron chi connectivity index (χ1n) is 5.54. The molecule has 0 aliphatic carbocycles. The first kappa shape index (κ1) is 14.2. The van der Waals surface area contributed by atoms with Crippen LogP contribution in [0, 0.1) is 5.82 Å². The largest absolute Gasteiger partial charge is 0.398 e. The molecule has 1 amide bonds. The molecule has 0 heterocycles. The average molecular weight is 252 g/mol. The fraction of sp³-hybridized carbons (Fsp3) is 0.308. The fourth-order valence-corrected chi connectivity index (χ4v) is 1.52. The first-order valence-corrected chi connectivity index (χ1v) is 5.54. The van der Waals surface area contributed by atoms with Gasteiger partial charge in [0.25, 0.3) is 5.91 Å². The Morgan fingerprint density at radius 1 is 1.61 bits per heavy atom. The summed E-state index contributed by atoms with van der Waals surface area (Å²) in [6.07, 6.45) is 1.60. The molecule has 0 radical (unpaired) electrons. The summed E-state index contributed by atoms with van der Waals surface area (Å²) in [4.78, 5) is 13.7. The van der Waals surface area contributed by atoms with Crippen molar-refractivity contribution in [2.45, 2.75) is 0 Å². The quantitative estimate of drug-likeness (QED) is 0.619. The highest BCUT2D eigenvalue weighted by Crippen LogP contribution is 2.15. The molecule has 5 heteroatoms. The molecule has 0 aliphatic heterocycles. The Labute approximate surface area is 106 Å². The summed E-state index contributed by atoms with van der Waals surface area (Å²) >= 11 is 0. The molecule has 0 saturated heterocycles. The maximum absolute atomic E-state index is 13.1. The molecule has 0 spiro atoms. The first-order chi connectivity index (χ1) is 8.60. The lowest BCUT2D eigenvalue weighted by molar-refractivity contribution is 0.0718. The molecule has 0 aliphatic rings. The van der Waals surface area contributed by atoms with Gasteiger partial charge in [0.1, 0.15) is 5.82 Å². The van der Waals surface area contributed by atoms with Gasteiger partial charge in [-0.1, -0.05) is 6.08 Å². The molecule has 0 aromatic heterocycles. The van der Waals surface area contributed by atoms with Crippen molar-refractivity contribution < 1.29 is 13.9 Å². The van der Waals surface area contributed by atoms with Gasteiger partial charge in [-0.3, -0.25) is 4.79 Å². The van der Waals surface area contributed by atoms with Crippen molar-refractivity contribution >= 4 is 11.6 Å². The molecule has 1 aromatic rings. The number of hydrogen-bond acceptors (Lipinski definition) is 3. The summed E-state index contributed by atoms with van der Waals surface area (Å²) in [6.45, 7) is 4.74. The number of nitrogens with zero attached hydrogens (tertiary/aromatic N) is 1. The van der Waals surface area contributed by atoms with E-state index in [4.69, 9.17) is 10.5 Å². The van der Waals surface area contributed by atoms with Crippen LogP contribution in [0.5, 0.6) is 0 Å². The number of nitrogen functional groups attached to an aromatic ring is 1. The topological polar surface area (TPSA) is 55.6 Å². The Kier molecular flexibility index (Phi) is 5.32. The van der Waals surface area contributed by atoms with Crippen molar-refractivity contribution in [1.82, 2.24) is 4.90 Å². The number of carbonyl (C=O) groups is 1. The van der Waals surface area contributed by atoms with E-state index < -0.39 is 5.82 Å². The van der Waals surface area contributed by atoms with Crippen LogP contribution < -0.4 is 5.73 Å². The van der Waals surface area contributed by atoms with Gasteiger partial charge in [0.15, 0.2) is 0 Å². The van der Waals surface area contributed by atoms with Gasteiger partial charge >= 0.3 is 0 Å². The Morgan fingerprint density at radius 2 is 2.33 bits per heavy atom. The minimum atomic E-state index is -0.488. The van der Waals surface area contributed by atoms with Crippen LogP contribution in [0.15, 0.2) is 30.9 Å². The maximum atomic E-state index is 13.1. The number of nitrogens with two attached hydrogens (primary N) is 1. The summed E-state index contributed by atoms with van der Waals surface area (Å²) in [5.74, 6) is -0.818. The van der Waals surface area contributed by atoms with Crippen molar-refractivity contribution in [3.8, 4) is 0 Å². The van der Waals surface area contributed by atoms with Gasteiger partial charge in [-0.15, -0.1) is 6.58 Å². The normalized spacial score (nSPS) is 10.1. The van der Waals surface area contributed by atoms with Crippen LogP contribution >= 0.6 is 0 Å². The number of anilines is 1. The van der Waals surface area contributed by atoms with Gasteiger partial charge < -0.3 is 15.4 Å². The number of carbonyl (C=O) groups excluding carboxylic acids is 1. The van der Waals surface area contributed by atoms with Crippen molar-refractivity contribution in [3.63, 3.8) is 0 Å². The number of hydrogen-bond donors (Lipinski definition) is 1. The van der Waals surface area contributed by atoms with E-state index in [1.807, 2.05) is 0 Å². The average Bonchev–Trinajstić information content (AvgIpc) is 2.36. The van der Waals surface area contributed by atoms with Crippen LogP contribution in [-0.2, 0) is 4.74 Å². The molecular formula is C13H17FN2O2. The van der Waals surface area contributed by atoms with Gasteiger partial charge in [0.2, 0.25) is 0 Å². The molecule has 2 N–H and O–H groups in total. The molecule has 1 rings (SSSR count). The molecule has 0 bridgehead atoms. The number of amides is 1. The molecule has 98 valence electrons. The van der Waals surface area contributed by atoms with Crippen molar-refractivity contribution in [2.75, 3.05) is 32.5 Å². The summed E-state index contributed by atoms with van der Waals surface area (Å²) in [5, 5.41) is 0. The molecule has 4 nitrogen and oxygen atoms in total. The van der Waals surface area contributed by atoms with Crippen LogP contribution in [0.1, 0.15) is 10.4 Å². The van der Waals surface area contributed by atoms with Crippen LogP contribution in [-0.4, -0.2) is 37.6 Å². The van der Waals surface area contributed by atoms with Gasteiger partial charge in [0.05, 0.1) is 12.2 Å².